The molecule has 1 fully saturated rings. The Morgan fingerprint density at radius 1 is 1.25 bits per heavy atom. The zero-order valence-electron chi connectivity index (χ0n) is 13.0. The van der Waals surface area contributed by atoms with E-state index in [0.717, 1.165) is 25.6 Å². The number of nitrogens with one attached hydrogen (secondary N) is 1. The van der Waals surface area contributed by atoms with Crippen LogP contribution in [0.25, 0.3) is 0 Å². The Hall–Kier alpha value is -0.870. The van der Waals surface area contributed by atoms with Gasteiger partial charge in [-0.05, 0) is 44.6 Å². The van der Waals surface area contributed by atoms with Crippen molar-refractivity contribution in [1.82, 2.24) is 15.1 Å². The van der Waals surface area contributed by atoms with Crippen LogP contribution in [0.3, 0.4) is 0 Å². The fraction of sp³-hybridized carbons (Fsp3) is 0.812. The first kappa shape index (κ1) is 15.5. The van der Waals surface area contributed by atoms with Crippen molar-refractivity contribution in [3.05, 3.63) is 12.2 Å². The molecule has 0 radical (unpaired) electrons. The van der Waals surface area contributed by atoms with Gasteiger partial charge >= 0.3 is 0 Å². The standard InChI is InChI=1S/C16H29N3O/c1-18(2)16(20)13-19-10-8-15(9-11-19)17-12-14-6-4-3-5-7-14/h3-4,14-15,17H,5-13H2,1-2H3. The van der Waals surface area contributed by atoms with Crippen LogP contribution in [-0.4, -0.2) is 62.0 Å². The predicted molar refractivity (Wildman–Crippen MR) is 82.6 cm³/mol. The molecule has 2 aliphatic rings. The van der Waals surface area contributed by atoms with Crippen molar-refractivity contribution in [2.45, 2.75) is 38.1 Å². The van der Waals surface area contributed by atoms with Gasteiger partial charge in [0.2, 0.25) is 5.91 Å². The molecule has 0 saturated carbocycles. The van der Waals surface area contributed by atoms with Crippen LogP contribution in [0.4, 0.5) is 0 Å². The van der Waals surface area contributed by atoms with Crippen LogP contribution in [-0.2, 0) is 4.79 Å². The van der Waals surface area contributed by atoms with Crippen LogP contribution in [0.2, 0.25) is 0 Å². The minimum atomic E-state index is 0.213. The number of likely N-dealkylation sites (N-methyl/N-ethyl adjacent to an activating group) is 1. The maximum Gasteiger partial charge on any atom is 0.236 e. The van der Waals surface area contributed by atoms with E-state index in [2.05, 4.69) is 22.4 Å². The average molecular weight is 279 g/mol. The lowest BCUT2D eigenvalue weighted by molar-refractivity contribution is -0.130. The van der Waals surface area contributed by atoms with Crippen LogP contribution in [0.5, 0.6) is 0 Å². The van der Waals surface area contributed by atoms with Crippen LogP contribution >= 0.6 is 0 Å². The highest BCUT2D eigenvalue weighted by Gasteiger charge is 2.21. The van der Waals surface area contributed by atoms with Crippen molar-refractivity contribution >= 4 is 5.91 Å². The van der Waals surface area contributed by atoms with Gasteiger partial charge in [0.1, 0.15) is 0 Å². The van der Waals surface area contributed by atoms with E-state index >= 15 is 0 Å². The normalized spacial score (nSPS) is 24.8. The van der Waals surface area contributed by atoms with Crippen molar-refractivity contribution < 1.29 is 4.79 Å². The summed E-state index contributed by atoms with van der Waals surface area (Å²) in [5.74, 6) is 1.04. The summed E-state index contributed by atoms with van der Waals surface area (Å²) >= 11 is 0. The molecule has 0 aromatic heterocycles. The summed E-state index contributed by atoms with van der Waals surface area (Å²) in [5.41, 5.74) is 0. The molecular formula is C16H29N3O. The Morgan fingerprint density at radius 2 is 2.00 bits per heavy atom. The number of likely N-dealkylation sites (tertiary alicyclic amines) is 1. The number of carbonyl (C=O) groups excluding carboxylic acids is 1. The topological polar surface area (TPSA) is 35.6 Å². The Morgan fingerprint density at radius 3 is 2.60 bits per heavy atom. The maximum absolute atomic E-state index is 11.7. The smallest absolute Gasteiger partial charge is 0.236 e. The number of nitrogens with zero attached hydrogens (tertiary/aromatic N) is 2. The van der Waals surface area contributed by atoms with Crippen LogP contribution < -0.4 is 5.32 Å². The number of hydrogen-bond acceptors (Lipinski definition) is 3. The fourth-order valence-electron chi connectivity index (χ4n) is 3.00. The Kier molecular flexibility index (Phi) is 6.05. The molecule has 0 aromatic carbocycles. The molecule has 4 heteroatoms. The van der Waals surface area contributed by atoms with Crippen molar-refractivity contribution in [1.29, 1.82) is 0 Å². The number of carbonyl (C=O) groups is 1. The molecule has 0 aromatic rings. The van der Waals surface area contributed by atoms with E-state index in [4.69, 9.17) is 0 Å². The zero-order chi connectivity index (χ0) is 14.4. The largest absolute Gasteiger partial charge is 0.348 e. The second-order valence-corrected chi connectivity index (χ2v) is 6.40. The van der Waals surface area contributed by atoms with Gasteiger partial charge in [-0.2, -0.15) is 0 Å². The molecule has 1 amide bonds. The Balaban J connectivity index is 1.61. The monoisotopic (exact) mass is 279 g/mol. The van der Waals surface area contributed by atoms with Gasteiger partial charge in [0.05, 0.1) is 6.54 Å². The molecule has 1 N–H and O–H groups in total. The first-order chi connectivity index (χ1) is 9.65. The van der Waals surface area contributed by atoms with Gasteiger partial charge in [-0.15, -0.1) is 0 Å². The molecule has 1 aliphatic heterocycles. The molecule has 0 bridgehead atoms. The van der Waals surface area contributed by atoms with Gasteiger partial charge in [0, 0.05) is 33.2 Å². The molecule has 1 unspecified atom stereocenters. The van der Waals surface area contributed by atoms with Crippen LogP contribution in [0.1, 0.15) is 32.1 Å². The van der Waals surface area contributed by atoms with Gasteiger partial charge in [0.15, 0.2) is 0 Å². The lowest BCUT2D eigenvalue weighted by atomic mass is 9.93. The van der Waals surface area contributed by atoms with E-state index in [1.54, 1.807) is 4.90 Å². The highest BCUT2D eigenvalue weighted by molar-refractivity contribution is 5.77. The van der Waals surface area contributed by atoms with Crippen molar-refractivity contribution in [2.24, 2.45) is 5.92 Å². The van der Waals surface area contributed by atoms with Crippen molar-refractivity contribution in [2.75, 3.05) is 40.3 Å². The van der Waals surface area contributed by atoms with E-state index < -0.39 is 0 Å². The van der Waals surface area contributed by atoms with Crippen LogP contribution in [0, 0.1) is 5.92 Å². The third-order valence-corrected chi connectivity index (χ3v) is 4.52. The first-order valence-corrected chi connectivity index (χ1v) is 7.96. The molecular weight excluding hydrogens is 250 g/mol. The third-order valence-electron chi connectivity index (χ3n) is 4.52. The molecule has 114 valence electrons. The van der Waals surface area contributed by atoms with Gasteiger partial charge in [-0.1, -0.05) is 12.2 Å². The molecule has 1 atom stereocenters. The summed E-state index contributed by atoms with van der Waals surface area (Å²) in [6.07, 6.45) is 10.8. The molecule has 1 saturated heterocycles. The highest BCUT2D eigenvalue weighted by Crippen LogP contribution is 2.18. The second kappa shape index (κ2) is 7.79. The van der Waals surface area contributed by atoms with E-state index in [0.29, 0.717) is 12.6 Å². The number of allylic oxidation sites excluding steroid dienone is 2. The van der Waals surface area contributed by atoms with E-state index in [9.17, 15) is 4.79 Å². The number of hydrogen-bond donors (Lipinski definition) is 1. The number of rotatable bonds is 5. The average Bonchev–Trinajstić information content (AvgIpc) is 2.47. The minimum Gasteiger partial charge on any atom is -0.348 e. The van der Waals surface area contributed by atoms with E-state index in [-0.39, 0.29) is 5.91 Å². The summed E-state index contributed by atoms with van der Waals surface area (Å²) in [4.78, 5) is 15.7. The summed E-state index contributed by atoms with van der Waals surface area (Å²) < 4.78 is 0. The maximum atomic E-state index is 11.7. The molecule has 20 heavy (non-hydrogen) atoms. The minimum absolute atomic E-state index is 0.213. The SMILES string of the molecule is CN(C)C(=O)CN1CCC(NCC2CC=CCC2)CC1. The van der Waals surface area contributed by atoms with Crippen molar-refractivity contribution in [3.8, 4) is 0 Å². The fourth-order valence-corrected chi connectivity index (χ4v) is 3.00. The van der Waals surface area contributed by atoms with Gasteiger partial charge < -0.3 is 10.2 Å². The van der Waals surface area contributed by atoms with Gasteiger partial charge in [-0.25, -0.2) is 0 Å². The Bertz CT molecular complexity index is 333. The molecule has 2 rings (SSSR count). The van der Waals surface area contributed by atoms with Gasteiger partial charge in [0.25, 0.3) is 0 Å². The summed E-state index contributed by atoms with van der Waals surface area (Å²) in [6, 6.07) is 0.645. The van der Waals surface area contributed by atoms with E-state index in [1.807, 2.05) is 14.1 Å². The Labute approximate surface area is 123 Å². The predicted octanol–water partition coefficient (Wildman–Crippen LogP) is 1.48. The summed E-state index contributed by atoms with van der Waals surface area (Å²) in [7, 11) is 3.66. The molecule has 4 nitrogen and oxygen atoms in total. The molecule has 0 spiro atoms. The first-order valence-electron chi connectivity index (χ1n) is 7.96. The lowest BCUT2D eigenvalue weighted by Gasteiger charge is -2.33. The quantitative estimate of drug-likeness (QED) is 0.775. The van der Waals surface area contributed by atoms with E-state index in [1.165, 1.54) is 32.1 Å². The molecule has 1 aliphatic carbocycles. The highest BCUT2D eigenvalue weighted by atomic mass is 16.2. The lowest BCUT2D eigenvalue weighted by Crippen LogP contribution is -2.46. The third kappa shape index (κ3) is 4.91. The number of piperidine rings is 1. The molecule has 1 heterocycles. The summed E-state index contributed by atoms with van der Waals surface area (Å²) in [6.45, 7) is 3.82. The summed E-state index contributed by atoms with van der Waals surface area (Å²) in [5, 5.41) is 3.73. The van der Waals surface area contributed by atoms with Crippen molar-refractivity contribution in [3.63, 3.8) is 0 Å². The van der Waals surface area contributed by atoms with Crippen LogP contribution in [0.15, 0.2) is 12.2 Å². The van der Waals surface area contributed by atoms with Gasteiger partial charge in [-0.3, -0.25) is 9.69 Å². The zero-order valence-corrected chi connectivity index (χ0v) is 13.0. The number of amides is 1. The second-order valence-electron chi connectivity index (χ2n) is 6.40.